The van der Waals surface area contributed by atoms with Crippen molar-refractivity contribution in [2.75, 3.05) is 13.2 Å². The minimum absolute atomic E-state index is 0.203. The molecule has 0 amide bonds. The lowest BCUT2D eigenvalue weighted by atomic mass is 9.87. The van der Waals surface area contributed by atoms with Gasteiger partial charge >= 0.3 is 0 Å². The number of halogens is 1. The van der Waals surface area contributed by atoms with Gasteiger partial charge < -0.3 is 10.4 Å². The lowest BCUT2D eigenvalue weighted by Gasteiger charge is -2.28. The maximum absolute atomic E-state index is 8.93. The van der Waals surface area contributed by atoms with Crippen LogP contribution in [0.1, 0.15) is 51.6 Å². The van der Waals surface area contributed by atoms with Crippen molar-refractivity contribution in [3.63, 3.8) is 0 Å². The first-order valence-corrected chi connectivity index (χ1v) is 7.46. The molecule has 0 heterocycles. The predicted octanol–water partition coefficient (Wildman–Crippen LogP) is 4.18. The van der Waals surface area contributed by atoms with Gasteiger partial charge in [0.05, 0.1) is 0 Å². The molecule has 108 valence electrons. The van der Waals surface area contributed by atoms with E-state index in [2.05, 4.69) is 32.2 Å². The first-order chi connectivity index (χ1) is 8.98. The van der Waals surface area contributed by atoms with E-state index < -0.39 is 0 Å². The van der Waals surface area contributed by atoms with Gasteiger partial charge in [-0.2, -0.15) is 0 Å². The molecule has 1 unspecified atom stereocenters. The fourth-order valence-electron chi connectivity index (χ4n) is 2.27. The molecule has 0 spiro atoms. The third-order valence-corrected chi connectivity index (χ3v) is 3.73. The number of nitrogens with one attached hydrogen (secondary N) is 1. The van der Waals surface area contributed by atoms with E-state index in [9.17, 15) is 0 Å². The Morgan fingerprint density at radius 2 is 2.11 bits per heavy atom. The summed E-state index contributed by atoms with van der Waals surface area (Å²) in [6.45, 7) is 7.87. The summed E-state index contributed by atoms with van der Waals surface area (Å²) in [5.74, 6) is 0. The maximum atomic E-state index is 8.93. The molecule has 0 saturated carbocycles. The van der Waals surface area contributed by atoms with Gasteiger partial charge in [0.15, 0.2) is 0 Å². The predicted molar refractivity (Wildman–Crippen MR) is 82.6 cm³/mol. The first-order valence-electron chi connectivity index (χ1n) is 7.08. The highest BCUT2D eigenvalue weighted by Gasteiger charge is 2.19. The zero-order valence-corrected chi connectivity index (χ0v) is 13.0. The minimum atomic E-state index is 0.203. The van der Waals surface area contributed by atoms with Crippen molar-refractivity contribution < 1.29 is 5.11 Å². The van der Waals surface area contributed by atoms with Crippen LogP contribution in [-0.2, 0) is 0 Å². The van der Waals surface area contributed by atoms with Crippen LogP contribution in [0.5, 0.6) is 0 Å². The molecule has 1 aromatic rings. The number of rotatable bonds is 8. The molecule has 0 aliphatic rings. The summed E-state index contributed by atoms with van der Waals surface area (Å²) >= 11 is 6.05. The van der Waals surface area contributed by atoms with Gasteiger partial charge in [0.25, 0.3) is 0 Å². The second kappa shape index (κ2) is 7.88. The molecule has 1 rings (SSSR count). The highest BCUT2D eigenvalue weighted by Crippen LogP contribution is 2.25. The van der Waals surface area contributed by atoms with Crippen molar-refractivity contribution in [3.05, 3.63) is 34.9 Å². The molecular weight excluding hydrogens is 258 g/mol. The molecule has 0 aliphatic carbocycles. The van der Waals surface area contributed by atoms with E-state index >= 15 is 0 Å². The second-order valence-electron chi connectivity index (χ2n) is 5.89. The summed E-state index contributed by atoms with van der Waals surface area (Å²) in [4.78, 5) is 0. The second-order valence-corrected chi connectivity index (χ2v) is 6.32. The number of aliphatic hydroxyl groups is 1. The monoisotopic (exact) mass is 283 g/mol. The van der Waals surface area contributed by atoms with Gasteiger partial charge in [0.1, 0.15) is 0 Å². The topological polar surface area (TPSA) is 32.3 Å². The largest absolute Gasteiger partial charge is 0.396 e. The lowest BCUT2D eigenvalue weighted by molar-refractivity contribution is 0.231. The van der Waals surface area contributed by atoms with Crippen molar-refractivity contribution in [3.8, 4) is 0 Å². The highest BCUT2D eigenvalue weighted by atomic mass is 35.5. The molecule has 0 aliphatic heterocycles. The van der Waals surface area contributed by atoms with Gasteiger partial charge in [0, 0.05) is 24.2 Å². The summed E-state index contributed by atoms with van der Waals surface area (Å²) in [5.41, 5.74) is 1.45. The van der Waals surface area contributed by atoms with E-state index in [1.54, 1.807) is 0 Å². The third-order valence-electron chi connectivity index (χ3n) is 3.50. The van der Waals surface area contributed by atoms with Crippen LogP contribution in [0.2, 0.25) is 5.02 Å². The molecule has 19 heavy (non-hydrogen) atoms. The Balaban J connectivity index is 2.58. The van der Waals surface area contributed by atoms with Gasteiger partial charge in [-0.25, -0.2) is 0 Å². The Hall–Kier alpha value is -0.570. The van der Waals surface area contributed by atoms with Crippen molar-refractivity contribution in [2.45, 2.75) is 46.1 Å². The Bertz CT molecular complexity index is 379. The maximum Gasteiger partial charge on any atom is 0.0431 e. The van der Waals surface area contributed by atoms with Crippen LogP contribution in [0.3, 0.4) is 0 Å². The molecule has 2 nitrogen and oxygen atoms in total. The van der Waals surface area contributed by atoms with Crippen LogP contribution in [0, 0.1) is 5.41 Å². The Morgan fingerprint density at radius 3 is 2.68 bits per heavy atom. The molecule has 0 saturated heterocycles. The van der Waals surface area contributed by atoms with Crippen LogP contribution in [0.25, 0.3) is 0 Å². The average molecular weight is 284 g/mol. The number of hydrogen-bond acceptors (Lipinski definition) is 2. The van der Waals surface area contributed by atoms with Gasteiger partial charge in [0.2, 0.25) is 0 Å². The van der Waals surface area contributed by atoms with Crippen LogP contribution in [0.4, 0.5) is 0 Å². The molecule has 3 heteroatoms. The van der Waals surface area contributed by atoms with Crippen molar-refractivity contribution in [1.82, 2.24) is 5.32 Å². The molecular formula is C16H26ClNO. The smallest absolute Gasteiger partial charge is 0.0431 e. The van der Waals surface area contributed by atoms with E-state index in [0.717, 1.165) is 30.8 Å². The molecule has 2 N–H and O–H groups in total. The van der Waals surface area contributed by atoms with E-state index in [-0.39, 0.29) is 12.0 Å². The number of benzene rings is 1. The van der Waals surface area contributed by atoms with Gasteiger partial charge in [-0.05, 0) is 42.4 Å². The zero-order chi connectivity index (χ0) is 14.3. The van der Waals surface area contributed by atoms with E-state index in [4.69, 9.17) is 16.7 Å². The lowest BCUT2D eigenvalue weighted by Crippen LogP contribution is -2.32. The Labute approximate surface area is 122 Å². The number of aliphatic hydroxyl groups excluding tert-OH is 1. The molecule has 0 aromatic heterocycles. The quantitative estimate of drug-likeness (QED) is 0.750. The van der Waals surface area contributed by atoms with Crippen LogP contribution in [-0.4, -0.2) is 18.3 Å². The van der Waals surface area contributed by atoms with Crippen molar-refractivity contribution in [2.24, 2.45) is 5.41 Å². The first kappa shape index (κ1) is 16.5. The molecule has 0 fully saturated rings. The molecule has 1 aromatic carbocycles. The van der Waals surface area contributed by atoms with E-state index in [0.29, 0.717) is 6.04 Å². The van der Waals surface area contributed by atoms with Crippen molar-refractivity contribution >= 4 is 11.6 Å². The summed E-state index contributed by atoms with van der Waals surface area (Å²) in [6.07, 6.45) is 2.93. The van der Waals surface area contributed by atoms with Crippen LogP contribution < -0.4 is 5.32 Å². The van der Waals surface area contributed by atoms with Gasteiger partial charge in [-0.3, -0.25) is 0 Å². The van der Waals surface area contributed by atoms with Gasteiger partial charge in [-0.15, -0.1) is 0 Å². The zero-order valence-electron chi connectivity index (χ0n) is 12.2. The Kier molecular flexibility index (Phi) is 6.84. The fraction of sp³-hybridized carbons (Fsp3) is 0.625. The minimum Gasteiger partial charge on any atom is -0.396 e. The summed E-state index contributed by atoms with van der Waals surface area (Å²) < 4.78 is 0. The highest BCUT2D eigenvalue weighted by molar-refractivity contribution is 6.30. The summed E-state index contributed by atoms with van der Waals surface area (Å²) in [6, 6.07) is 8.39. The third kappa shape index (κ3) is 5.94. The Morgan fingerprint density at radius 1 is 1.37 bits per heavy atom. The normalized spacial score (nSPS) is 13.5. The van der Waals surface area contributed by atoms with Crippen molar-refractivity contribution in [1.29, 1.82) is 0 Å². The van der Waals surface area contributed by atoms with E-state index in [1.807, 2.05) is 18.2 Å². The standard InChI is InChI=1S/C16H26ClNO/c1-4-15(13-7-5-8-14(17)11-13)18-12-16(2,3)9-6-10-19/h5,7-8,11,15,18-19H,4,6,9-10,12H2,1-3H3. The molecule has 1 atom stereocenters. The fourth-order valence-corrected chi connectivity index (χ4v) is 2.47. The van der Waals surface area contributed by atoms with E-state index in [1.165, 1.54) is 5.56 Å². The van der Waals surface area contributed by atoms with Crippen LogP contribution >= 0.6 is 11.6 Å². The van der Waals surface area contributed by atoms with Gasteiger partial charge in [-0.1, -0.05) is 44.5 Å². The molecule has 0 radical (unpaired) electrons. The van der Waals surface area contributed by atoms with Crippen LogP contribution in [0.15, 0.2) is 24.3 Å². The SMILES string of the molecule is CCC(NCC(C)(C)CCCO)c1cccc(Cl)c1. The summed E-state index contributed by atoms with van der Waals surface area (Å²) in [7, 11) is 0. The number of hydrogen-bond donors (Lipinski definition) is 2. The molecule has 0 bridgehead atoms. The average Bonchev–Trinajstić information content (AvgIpc) is 2.37. The summed E-state index contributed by atoms with van der Waals surface area (Å²) in [5, 5.41) is 13.3.